The maximum Gasteiger partial charge on any atom is 0.157 e. The van der Waals surface area contributed by atoms with Gasteiger partial charge in [-0.05, 0) is 44.9 Å². The van der Waals surface area contributed by atoms with E-state index in [2.05, 4.69) is 19.1 Å². The number of hydrogen-bond acceptors (Lipinski definition) is 2. The fourth-order valence-corrected chi connectivity index (χ4v) is 2.01. The van der Waals surface area contributed by atoms with Gasteiger partial charge in [0.1, 0.15) is 0 Å². The lowest BCUT2D eigenvalue weighted by Gasteiger charge is -2.22. The van der Waals surface area contributed by atoms with Gasteiger partial charge < -0.3 is 9.47 Å². The Balaban J connectivity index is 1.83. The van der Waals surface area contributed by atoms with Gasteiger partial charge in [-0.2, -0.15) is 0 Å². The summed E-state index contributed by atoms with van der Waals surface area (Å²) >= 11 is 0. The van der Waals surface area contributed by atoms with Crippen molar-refractivity contribution < 1.29 is 9.47 Å². The van der Waals surface area contributed by atoms with E-state index >= 15 is 0 Å². The van der Waals surface area contributed by atoms with Gasteiger partial charge in [0.15, 0.2) is 6.29 Å². The lowest BCUT2D eigenvalue weighted by Crippen LogP contribution is -2.22. The van der Waals surface area contributed by atoms with Crippen LogP contribution in [-0.2, 0) is 9.47 Å². The molecule has 2 nitrogen and oxygen atoms in total. The van der Waals surface area contributed by atoms with Crippen LogP contribution in [0.3, 0.4) is 0 Å². The maximum atomic E-state index is 5.67. The molecular weight excluding hydrogens is 212 g/mol. The zero-order chi connectivity index (χ0) is 12.2. The van der Waals surface area contributed by atoms with Gasteiger partial charge in [0.2, 0.25) is 0 Å². The van der Waals surface area contributed by atoms with E-state index in [1.54, 1.807) is 0 Å². The van der Waals surface area contributed by atoms with Gasteiger partial charge in [-0.15, -0.1) is 0 Å². The molecule has 0 aromatic rings. The van der Waals surface area contributed by atoms with Gasteiger partial charge >= 0.3 is 0 Å². The second-order valence-corrected chi connectivity index (χ2v) is 4.78. The third-order valence-electron chi connectivity index (χ3n) is 3.10. The molecule has 100 valence electrons. The fourth-order valence-electron chi connectivity index (χ4n) is 2.01. The van der Waals surface area contributed by atoms with Crippen LogP contribution in [0.2, 0.25) is 0 Å². The van der Waals surface area contributed by atoms with Crippen molar-refractivity contribution in [1.82, 2.24) is 0 Å². The Morgan fingerprint density at radius 2 is 1.94 bits per heavy atom. The van der Waals surface area contributed by atoms with Crippen molar-refractivity contribution in [2.24, 2.45) is 0 Å². The van der Waals surface area contributed by atoms with Crippen LogP contribution >= 0.6 is 0 Å². The van der Waals surface area contributed by atoms with Gasteiger partial charge in [-0.25, -0.2) is 0 Å². The van der Waals surface area contributed by atoms with E-state index in [1.165, 1.54) is 38.5 Å². The Morgan fingerprint density at radius 1 is 1.12 bits per heavy atom. The highest BCUT2D eigenvalue weighted by Gasteiger charge is 2.12. The average Bonchev–Trinajstić information content (AvgIpc) is 2.38. The molecule has 2 heteroatoms. The molecule has 1 fully saturated rings. The molecule has 1 rings (SSSR count). The third kappa shape index (κ3) is 8.39. The average molecular weight is 240 g/mol. The predicted molar refractivity (Wildman–Crippen MR) is 72.1 cm³/mol. The summed E-state index contributed by atoms with van der Waals surface area (Å²) in [5.74, 6) is 0. The Bertz CT molecular complexity index is 183. The summed E-state index contributed by atoms with van der Waals surface area (Å²) in [6, 6.07) is 0. The molecule has 0 N–H and O–H groups in total. The highest BCUT2D eigenvalue weighted by molar-refractivity contribution is 4.81. The van der Waals surface area contributed by atoms with E-state index in [4.69, 9.17) is 9.47 Å². The molecule has 1 atom stereocenters. The molecule has 0 radical (unpaired) electrons. The molecule has 1 unspecified atom stereocenters. The molecule has 0 bridgehead atoms. The Labute approximate surface area is 106 Å². The van der Waals surface area contributed by atoms with Gasteiger partial charge in [-0.1, -0.05) is 31.9 Å². The lowest BCUT2D eigenvalue weighted by molar-refractivity contribution is -0.162. The standard InChI is InChI=1S/C15H28O2/c1-2-3-4-5-6-7-8-10-13-16-15-12-9-11-14-17-15/h6-7,15H,2-5,8-14H2,1H3/b7-6+. The summed E-state index contributed by atoms with van der Waals surface area (Å²) in [6.45, 7) is 3.96. The van der Waals surface area contributed by atoms with Crippen molar-refractivity contribution in [1.29, 1.82) is 0 Å². The molecule has 0 spiro atoms. The van der Waals surface area contributed by atoms with Crippen LogP contribution in [0.25, 0.3) is 0 Å². The van der Waals surface area contributed by atoms with E-state index in [0.29, 0.717) is 0 Å². The number of allylic oxidation sites excluding steroid dienone is 2. The molecule has 0 amide bonds. The third-order valence-corrected chi connectivity index (χ3v) is 3.10. The molecule has 1 aliphatic rings. The smallest absolute Gasteiger partial charge is 0.157 e. The first-order valence-corrected chi connectivity index (χ1v) is 7.31. The zero-order valence-corrected chi connectivity index (χ0v) is 11.3. The van der Waals surface area contributed by atoms with Crippen molar-refractivity contribution in [3.05, 3.63) is 12.2 Å². The number of hydrogen-bond donors (Lipinski definition) is 0. The van der Waals surface area contributed by atoms with E-state index in [0.717, 1.165) is 32.5 Å². The van der Waals surface area contributed by atoms with Crippen molar-refractivity contribution in [3.63, 3.8) is 0 Å². The summed E-state index contributed by atoms with van der Waals surface area (Å²) in [6.07, 6.45) is 15.7. The molecular formula is C15H28O2. The number of ether oxygens (including phenoxy) is 2. The first-order valence-electron chi connectivity index (χ1n) is 7.31. The van der Waals surface area contributed by atoms with Crippen LogP contribution in [0.15, 0.2) is 12.2 Å². The van der Waals surface area contributed by atoms with Gasteiger partial charge in [-0.3, -0.25) is 0 Å². The number of unbranched alkanes of at least 4 members (excludes halogenated alkanes) is 4. The minimum Gasteiger partial charge on any atom is -0.353 e. The fraction of sp³-hybridized carbons (Fsp3) is 0.867. The van der Waals surface area contributed by atoms with E-state index in [1.807, 2.05) is 0 Å². The largest absolute Gasteiger partial charge is 0.353 e. The summed E-state index contributed by atoms with van der Waals surface area (Å²) in [5.41, 5.74) is 0. The Kier molecular flexibility index (Phi) is 9.34. The highest BCUT2D eigenvalue weighted by Crippen LogP contribution is 2.14. The normalized spacial score (nSPS) is 21.1. The predicted octanol–water partition coefficient (Wildman–Crippen LogP) is 4.45. The van der Waals surface area contributed by atoms with E-state index < -0.39 is 0 Å². The zero-order valence-electron chi connectivity index (χ0n) is 11.3. The SMILES string of the molecule is CCCCC/C=C/CCCOC1CCCCO1. The number of rotatable bonds is 9. The molecule has 17 heavy (non-hydrogen) atoms. The van der Waals surface area contributed by atoms with Gasteiger partial charge in [0.25, 0.3) is 0 Å². The van der Waals surface area contributed by atoms with Gasteiger partial charge in [0, 0.05) is 6.61 Å². The van der Waals surface area contributed by atoms with E-state index in [9.17, 15) is 0 Å². The van der Waals surface area contributed by atoms with Gasteiger partial charge in [0.05, 0.1) is 6.61 Å². The van der Waals surface area contributed by atoms with Crippen LogP contribution in [0.4, 0.5) is 0 Å². The van der Waals surface area contributed by atoms with Crippen LogP contribution in [0.5, 0.6) is 0 Å². The molecule has 1 saturated heterocycles. The molecule has 0 aromatic heterocycles. The summed E-state index contributed by atoms with van der Waals surface area (Å²) in [4.78, 5) is 0. The first kappa shape index (κ1) is 14.7. The van der Waals surface area contributed by atoms with Crippen molar-refractivity contribution >= 4 is 0 Å². The molecule has 1 heterocycles. The summed E-state index contributed by atoms with van der Waals surface area (Å²) in [5, 5.41) is 0. The quantitative estimate of drug-likeness (QED) is 0.438. The lowest BCUT2D eigenvalue weighted by atomic mass is 10.2. The second-order valence-electron chi connectivity index (χ2n) is 4.78. The highest BCUT2D eigenvalue weighted by atomic mass is 16.7. The topological polar surface area (TPSA) is 18.5 Å². The second kappa shape index (κ2) is 10.8. The van der Waals surface area contributed by atoms with Crippen LogP contribution in [-0.4, -0.2) is 19.5 Å². The maximum absolute atomic E-state index is 5.67. The molecule has 1 aliphatic heterocycles. The Morgan fingerprint density at radius 3 is 2.65 bits per heavy atom. The minimum atomic E-state index is 0.0808. The summed E-state index contributed by atoms with van der Waals surface area (Å²) < 4.78 is 11.2. The molecule has 0 aliphatic carbocycles. The minimum absolute atomic E-state index is 0.0808. The summed E-state index contributed by atoms with van der Waals surface area (Å²) in [7, 11) is 0. The Hall–Kier alpha value is -0.340. The first-order chi connectivity index (χ1) is 8.43. The van der Waals surface area contributed by atoms with Crippen molar-refractivity contribution in [2.45, 2.75) is 71.0 Å². The molecule has 0 aromatic carbocycles. The van der Waals surface area contributed by atoms with Crippen LogP contribution in [0, 0.1) is 0 Å². The monoisotopic (exact) mass is 240 g/mol. The van der Waals surface area contributed by atoms with Crippen molar-refractivity contribution in [2.75, 3.05) is 13.2 Å². The van der Waals surface area contributed by atoms with Crippen molar-refractivity contribution in [3.8, 4) is 0 Å². The molecule has 0 saturated carbocycles. The van der Waals surface area contributed by atoms with Crippen LogP contribution < -0.4 is 0 Å². The van der Waals surface area contributed by atoms with E-state index in [-0.39, 0.29) is 6.29 Å². The van der Waals surface area contributed by atoms with Crippen LogP contribution in [0.1, 0.15) is 64.7 Å².